The van der Waals surface area contributed by atoms with Crippen LogP contribution in [0.3, 0.4) is 0 Å². The highest BCUT2D eigenvalue weighted by atomic mass is 16.3. The fourth-order valence-electron chi connectivity index (χ4n) is 6.59. The Bertz CT molecular complexity index is 2350. The van der Waals surface area contributed by atoms with E-state index >= 15 is 0 Å². The third kappa shape index (κ3) is 5.01. The number of hydrogen-bond acceptors (Lipinski definition) is 3. The SMILES string of the molecule is CC(C)c1ccc2c(c1)oc1ncc(-c3nc4ccccc4n3-c3c(-c4ccccc4)cc(C(C)(C)C)cc3-c3ccccc3)cc12. The van der Waals surface area contributed by atoms with E-state index in [-0.39, 0.29) is 5.41 Å². The molecule has 0 bridgehead atoms. The molecule has 5 aromatic carbocycles. The maximum absolute atomic E-state index is 6.27. The van der Waals surface area contributed by atoms with Crippen LogP contribution in [0.2, 0.25) is 0 Å². The van der Waals surface area contributed by atoms with Crippen molar-refractivity contribution in [2.45, 2.75) is 46.0 Å². The number of para-hydroxylation sites is 2. The molecule has 0 radical (unpaired) electrons. The summed E-state index contributed by atoms with van der Waals surface area (Å²) in [6.45, 7) is 11.2. The van der Waals surface area contributed by atoms with Crippen molar-refractivity contribution in [2.24, 2.45) is 0 Å². The first-order valence-electron chi connectivity index (χ1n) is 16.4. The third-order valence-corrected chi connectivity index (χ3v) is 9.21. The second-order valence-corrected chi connectivity index (χ2v) is 13.8. The number of benzene rings is 5. The van der Waals surface area contributed by atoms with E-state index < -0.39 is 0 Å². The van der Waals surface area contributed by atoms with Crippen LogP contribution in [0.15, 0.2) is 132 Å². The molecule has 230 valence electrons. The van der Waals surface area contributed by atoms with E-state index in [1.807, 2.05) is 6.20 Å². The Hall–Kier alpha value is -5.48. The molecule has 0 aliphatic carbocycles. The van der Waals surface area contributed by atoms with Crippen LogP contribution >= 0.6 is 0 Å². The van der Waals surface area contributed by atoms with E-state index in [9.17, 15) is 0 Å². The molecule has 0 saturated heterocycles. The van der Waals surface area contributed by atoms with Gasteiger partial charge >= 0.3 is 0 Å². The summed E-state index contributed by atoms with van der Waals surface area (Å²) < 4.78 is 8.61. The van der Waals surface area contributed by atoms with Crippen LogP contribution in [0.5, 0.6) is 0 Å². The lowest BCUT2D eigenvalue weighted by Crippen LogP contribution is -2.13. The Morgan fingerprint density at radius 3 is 1.94 bits per heavy atom. The molecule has 0 spiro atoms. The van der Waals surface area contributed by atoms with Gasteiger partial charge in [0.05, 0.1) is 16.7 Å². The van der Waals surface area contributed by atoms with E-state index in [1.165, 1.54) is 11.1 Å². The molecule has 0 atom stereocenters. The summed E-state index contributed by atoms with van der Waals surface area (Å²) in [7, 11) is 0. The highest BCUT2D eigenvalue weighted by Crippen LogP contribution is 2.43. The van der Waals surface area contributed by atoms with Crippen LogP contribution in [0, 0.1) is 0 Å². The van der Waals surface area contributed by atoms with Gasteiger partial charge in [-0.15, -0.1) is 0 Å². The van der Waals surface area contributed by atoms with Gasteiger partial charge in [-0.1, -0.05) is 120 Å². The van der Waals surface area contributed by atoms with Crippen LogP contribution in [0.1, 0.15) is 51.7 Å². The molecule has 8 rings (SSSR count). The maximum atomic E-state index is 6.27. The normalized spacial score (nSPS) is 12.1. The average molecular weight is 612 g/mol. The number of imidazole rings is 1. The number of pyridine rings is 1. The molecule has 3 heterocycles. The second-order valence-electron chi connectivity index (χ2n) is 13.8. The highest BCUT2D eigenvalue weighted by Gasteiger charge is 2.25. The van der Waals surface area contributed by atoms with Gasteiger partial charge in [0.15, 0.2) is 0 Å². The predicted molar refractivity (Wildman–Crippen MR) is 195 cm³/mol. The predicted octanol–water partition coefficient (Wildman–Crippen LogP) is 11.7. The van der Waals surface area contributed by atoms with Crippen molar-refractivity contribution < 1.29 is 4.42 Å². The first-order valence-corrected chi connectivity index (χ1v) is 16.4. The topological polar surface area (TPSA) is 43.9 Å². The quantitative estimate of drug-likeness (QED) is 0.194. The molecular weight excluding hydrogens is 574 g/mol. The van der Waals surface area contributed by atoms with E-state index in [4.69, 9.17) is 14.4 Å². The number of furan rings is 1. The molecule has 0 aliphatic heterocycles. The standard InChI is InChI=1S/C43H37N3O/c1-27(2)30-20-21-33-36-22-31(26-44-42(36)47-39(33)23-30)41-45-37-18-12-13-19-38(37)46(41)40-34(28-14-8-6-9-15-28)24-32(43(3,4)5)25-35(40)29-16-10-7-11-17-29/h6-27H,1-5H3. The molecule has 3 aromatic heterocycles. The van der Waals surface area contributed by atoms with Crippen molar-refractivity contribution in [2.75, 3.05) is 0 Å². The minimum Gasteiger partial charge on any atom is -0.438 e. The molecule has 47 heavy (non-hydrogen) atoms. The van der Waals surface area contributed by atoms with Crippen molar-refractivity contribution >= 4 is 33.1 Å². The highest BCUT2D eigenvalue weighted by molar-refractivity contribution is 6.05. The zero-order chi connectivity index (χ0) is 32.3. The van der Waals surface area contributed by atoms with Crippen molar-refractivity contribution in [3.8, 4) is 39.3 Å². The molecule has 4 nitrogen and oxygen atoms in total. The van der Waals surface area contributed by atoms with Crippen LogP contribution in [0.25, 0.3) is 72.4 Å². The lowest BCUT2D eigenvalue weighted by Gasteiger charge is -2.26. The largest absolute Gasteiger partial charge is 0.438 e. The van der Waals surface area contributed by atoms with Crippen molar-refractivity contribution in [3.05, 3.63) is 139 Å². The van der Waals surface area contributed by atoms with E-state index in [0.29, 0.717) is 11.6 Å². The van der Waals surface area contributed by atoms with Crippen LogP contribution in [-0.4, -0.2) is 14.5 Å². The molecule has 0 amide bonds. The molecule has 8 aromatic rings. The Balaban J connectivity index is 1.47. The Labute approximate surface area is 275 Å². The van der Waals surface area contributed by atoms with Crippen LogP contribution in [0.4, 0.5) is 0 Å². The zero-order valence-electron chi connectivity index (χ0n) is 27.5. The van der Waals surface area contributed by atoms with E-state index in [2.05, 4.69) is 161 Å². The van der Waals surface area contributed by atoms with Gasteiger partial charge in [-0.2, -0.15) is 0 Å². The number of hydrogen-bond donors (Lipinski definition) is 0. The fourth-order valence-corrected chi connectivity index (χ4v) is 6.59. The van der Waals surface area contributed by atoms with Gasteiger partial charge in [-0.3, -0.25) is 4.57 Å². The summed E-state index contributed by atoms with van der Waals surface area (Å²) in [6.07, 6.45) is 1.90. The lowest BCUT2D eigenvalue weighted by atomic mass is 9.82. The molecule has 0 fully saturated rings. The third-order valence-electron chi connectivity index (χ3n) is 9.21. The summed E-state index contributed by atoms with van der Waals surface area (Å²) >= 11 is 0. The molecule has 0 aliphatic rings. The summed E-state index contributed by atoms with van der Waals surface area (Å²) in [5, 5.41) is 2.05. The van der Waals surface area contributed by atoms with Gasteiger partial charge in [0, 0.05) is 33.7 Å². The van der Waals surface area contributed by atoms with Gasteiger partial charge in [0.25, 0.3) is 0 Å². The lowest BCUT2D eigenvalue weighted by molar-refractivity contribution is 0.590. The van der Waals surface area contributed by atoms with Crippen molar-refractivity contribution in [1.29, 1.82) is 0 Å². The van der Waals surface area contributed by atoms with Crippen LogP contribution in [-0.2, 0) is 5.41 Å². The molecular formula is C43H37N3O. The van der Waals surface area contributed by atoms with E-state index in [0.717, 1.165) is 66.7 Å². The van der Waals surface area contributed by atoms with Crippen LogP contribution < -0.4 is 0 Å². The number of aromatic nitrogens is 3. The minimum absolute atomic E-state index is 0.0574. The monoisotopic (exact) mass is 611 g/mol. The van der Waals surface area contributed by atoms with Gasteiger partial charge in [0.1, 0.15) is 11.4 Å². The molecule has 0 unspecified atom stereocenters. The summed E-state index contributed by atoms with van der Waals surface area (Å²) in [4.78, 5) is 10.2. The number of rotatable bonds is 5. The van der Waals surface area contributed by atoms with Crippen molar-refractivity contribution in [1.82, 2.24) is 14.5 Å². The van der Waals surface area contributed by atoms with Gasteiger partial charge in [-0.05, 0) is 70.0 Å². The van der Waals surface area contributed by atoms with Gasteiger partial charge in [-0.25, -0.2) is 9.97 Å². The first-order chi connectivity index (χ1) is 22.8. The molecule has 4 heteroatoms. The van der Waals surface area contributed by atoms with Gasteiger partial charge in [0.2, 0.25) is 5.71 Å². The summed E-state index contributed by atoms with van der Waals surface area (Å²) in [6, 6.07) is 43.3. The summed E-state index contributed by atoms with van der Waals surface area (Å²) in [5.74, 6) is 1.25. The fraction of sp³-hybridized carbons (Fsp3) is 0.163. The Kier molecular flexibility index (Phi) is 6.84. The van der Waals surface area contributed by atoms with Crippen molar-refractivity contribution in [3.63, 3.8) is 0 Å². The molecule has 0 saturated carbocycles. The Morgan fingerprint density at radius 1 is 0.660 bits per heavy atom. The average Bonchev–Trinajstić information content (AvgIpc) is 3.66. The van der Waals surface area contributed by atoms with E-state index in [1.54, 1.807) is 0 Å². The second kappa shape index (κ2) is 11.1. The number of fused-ring (bicyclic) bond motifs is 4. The maximum Gasteiger partial charge on any atom is 0.227 e. The molecule has 0 N–H and O–H groups in total. The Morgan fingerprint density at radius 2 is 1.30 bits per heavy atom. The zero-order valence-corrected chi connectivity index (χ0v) is 27.5. The minimum atomic E-state index is -0.0574. The smallest absolute Gasteiger partial charge is 0.227 e. The summed E-state index contributed by atoms with van der Waals surface area (Å²) in [5.41, 5.74) is 12.6. The van der Waals surface area contributed by atoms with Gasteiger partial charge < -0.3 is 4.42 Å². The first kappa shape index (κ1) is 29.0. The number of nitrogens with zero attached hydrogens (tertiary/aromatic N) is 3.